The van der Waals surface area contributed by atoms with Gasteiger partial charge in [-0.3, -0.25) is 9.59 Å². The Morgan fingerprint density at radius 1 is 0.878 bits per heavy atom. The molecule has 0 spiro atoms. The Kier molecular flexibility index (Phi) is 13.0. The molecule has 0 bridgehead atoms. The fourth-order valence-electron chi connectivity index (χ4n) is 6.19. The van der Waals surface area contributed by atoms with Gasteiger partial charge in [0.25, 0.3) is 0 Å². The van der Waals surface area contributed by atoms with Crippen LogP contribution < -0.4 is 27.1 Å². The molecule has 7 N–H and O–H groups in total. The van der Waals surface area contributed by atoms with E-state index in [1.807, 2.05) is 43.5 Å². The standard InChI is InChI=1S/C38H48F3N6O2/c1-27-9-11-29(12-10-27)25-46-26-30(22-31-6-3-4-8-35(31)46)24-36(48)34(23-28-13-15-32(16-14-28)38(39,40)41)45-37(49)33(44)7-5-19-47(2,20-17-42)21-18-43/h3-4,6,8-16,22,26,33-34H,5,7,17-21,23-25,42-44H2,1-2H3/q+1/p+1/t33-,34-/m0/s1. The number of para-hydroxylation sites is 1. The number of halogens is 3. The summed E-state index contributed by atoms with van der Waals surface area (Å²) in [5, 5.41) is 3.80. The summed E-state index contributed by atoms with van der Waals surface area (Å²) in [6.45, 7) is 5.91. The van der Waals surface area contributed by atoms with E-state index in [1.165, 1.54) is 12.1 Å². The third kappa shape index (κ3) is 10.9. The molecule has 262 valence electrons. The quantitative estimate of drug-likeness (QED) is 0.0998. The van der Waals surface area contributed by atoms with Crippen molar-refractivity contribution >= 4 is 22.6 Å². The summed E-state index contributed by atoms with van der Waals surface area (Å²) in [5.41, 5.74) is 21.6. The number of aryl methyl sites for hydroxylation is 1. The third-order valence-electron chi connectivity index (χ3n) is 9.07. The van der Waals surface area contributed by atoms with Crippen LogP contribution in [0.25, 0.3) is 10.9 Å². The minimum Gasteiger partial charge on any atom is -0.345 e. The first kappa shape index (κ1) is 37.7. The summed E-state index contributed by atoms with van der Waals surface area (Å²) in [7, 11) is 2.07. The van der Waals surface area contributed by atoms with E-state index in [-0.39, 0.29) is 18.6 Å². The Morgan fingerprint density at radius 2 is 1.51 bits per heavy atom. The van der Waals surface area contributed by atoms with Gasteiger partial charge < -0.3 is 27.0 Å². The zero-order chi connectivity index (χ0) is 35.6. The van der Waals surface area contributed by atoms with E-state index < -0.39 is 29.7 Å². The number of alkyl halides is 3. The van der Waals surface area contributed by atoms with Crippen LogP contribution >= 0.6 is 0 Å². The van der Waals surface area contributed by atoms with E-state index in [4.69, 9.17) is 17.2 Å². The molecule has 4 rings (SSSR count). The molecular weight excluding hydrogens is 629 g/mol. The zero-order valence-electron chi connectivity index (χ0n) is 28.4. The third-order valence-corrected chi connectivity index (χ3v) is 9.07. The molecule has 0 saturated carbocycles. The maximum Gasteiger partial charge on any atom is 0.416 e. The first-order chi connectivity index (χ1) is 23.3. The SMILES string of the molecule is Cc1ccc(C[n+]2cc(CC(=O)[C@H](Cc3ccc(C(F)(F)F)cc3)NC(=O)[C@@H](N)CCC[N+](C)(CCN)CCN)cc3ccccc32)cc1. The highest BCUT2D eigenvalue weighted by molar-refractivity contribution is 5.92. The van der Waals surface area contributed by atoms with Crippen LogP contribution in [-0.4, -0.2) is 68.0 Å². The van der Waals surface area contributed by atoms with E-state index >= 15 is 0 Å². The zero-order valence-corrected chi connectivity index (χ0v) is 28.4. The summed E-state index contributed by atoms with van der Waals surface area (Å²) < 4.78 is 42.5. The van der Waals surface area contributed by atoms with E-state index in [2.05, 4.69) is 41.2 Å². The number of nitrogens with one attached hydrogen (secondary N) is 1. The maximum atomic E-state index is 14.0. The number of Topliss-reactive ketones (excluding diaryl/α,β-unsaturated/α-hetero) is 1. The summed E-state index contributed by atoms with van der Waals surface area (Å²) in [4.78, 5) is 27.3. The van der Waals surface area contributed by atoms with Crippen LogP contribution in [0.4, 0.5) is 13.2 Å². The van der Waals surface area contributed by atoms with Crippen molar-refractivity contribution in [2.24, 2.45) is 17.2 Å². The number of nitrogens with zero attached hydrogens (tertiary/aromatic N) is 2. The lowest BCUT2D eigenvalue weighted by molar-refractivity contribution is -0.907. The molecule has 0 aliphatic carbocycles. The summed E-state index contributed by atoms with van der Waals surface area (Å²) in [5.74, 6) is -0.752. The molecule has 0 unspecified atom stereocenters. The van der Waals surface area contributed by atoms with Gasteiger partial charge in [-0.05, 0) is 56.0 Å². The molecule has 1 heterocycles. The number of carbonyl (C=O) groups excluding carboxylic acids is 2. The number of aromatic nitrogens is 1. The molecule has 1 aromatic heterocycles. The average molecular weight is 679 g/mol. The molecule has 4 aromatic rings. The second-order valence-corrected chi connectivity index (χ2v) is 13.2. The van der Waals surface area contributed by atoms with Crippen LogP contribution in [0, 0.1) is 6.92 Å². The number of pyridine rings is 1. The van der Waals surface area contributed by atoms with Crippen LogP contribution in [-0.2, 0) is 35.2 Å². The predicted octanol–water partition coefficient (Wildman–Crippen LogP) is 3.81. The number of likely N-dealkylation sites (N-methyl/N-ethyl adjacent to an activating group) is 1. The molecule has 11 heteroatoms. The van der Waals surface area contributed by atoms with Crippen LogP contribution in [0.1, 0.15) is 40.7 Å². The Labute approximate surface area is 286 Å². The molecule has 0 aliphatic rings. The number of carbonyl (C=O) groups is 2. The highest BCUT2D eigenvalue weighted by atomic mass is 19.4. The van der Waals surface area contributed by atoms with E-state index in [0.29, 0.717) is 42.5 Å². The Bertz CT molecular complexity index is 1690. The largest absolute Gasteiger partial charge is 0.416 e. The average Bonchev–Trinajstić information content (AvgIpc) is 3.05. The van der Waals surface area contributed by atoms with Crippen molar-refractivity contribution < 1.29 is 31.8 Å². The number of hydrogen-bond donors (Lipinski definition) is 4. The number of rotatable bonds is 17. The lowest BCUT2D eigenvalue weighted by Crippen LogP contribution is -2.52. The van der Waals surface area contributed by atoms with Gasteiger partial charge >= 0.3 is 6.18 Å². The number of quaternary nitrogens is 1. The van der Waals surface area contributed by atoms with Crippen molar-refractivity contribution in [1.29, 1.82) is 0 Å². The van der Waals surface area contributed by atoms with Gasteiger partial charge in [0.05, 0.1) is 44.3 Å². The van der Waals surface area contributed by atoms with Crippen LogP contribution in [0.3, 0.4) is 0 Å². The topological polar surface area (TPSA) is 128 Å². The van der Waals surface area contributed by atoms with E-state index in [0.717, 1.165) is 59.4 Å². The molecule has 1 amide bonds. The lowest BCUT2D eigenvalue weighted by atomic mass is 9.96. The monoisotopic (exact) mass is 678 g/mol. The van der Waals surface area contributed by atoms with Crippen molar-refractivity contribution in [3.05, 3.63) is 113 Å². The number of ketones is 1. The Balaban J connectivity index is 1.55. The first-order valence-corrected chi connectivity index (χ1v) is 16.8. The molecule has 8 nitrogen and oxygen atoms in total. The normalized spacial score (nSPS) is 13.3. The fraction of sp³-hybridized carbons (Fsp3) is 0.395. The van der Waals surface area contributed by atoms with Crippen molar-refractivity contribution in [1.82, 2.24) is 5.32 Å². The highest BCUT2D eigenvalue weighted by Crippen LogP contribution is 2.29. The predicted molar refractivity (Wildman–Crippen MR) is 186 cm³/mol. The van der Waals surface area contributed by atoms with Gasteiger partial charge in [0.1, 0.15) is 0 Å². The summed E-state index contributed by atoms with van der Waals surface area (Å²) in [6.07, 6.45) is -1.47. The van der Waals surface area contributed by atoms with Crippen LogP contribution in [0.15, 0.2) is 85.1 Å². The van der Waals surface area contributed by atoms with Gasteiger partial charge in [0.15, 0.2) is 18.5 Å². The van der Waals surface area contributed by atoms with Gasteiger partial charge in [-0.2, -0.15) is 17.7 Å². The van der Waals surface area contributed by atoms with Gasteiger partial charge in [-0.25, -0.2) is 0 Å². The number of fused-ring (bicyclic) bond motifs is 1. The van der Waals surface area contributed by atoms with Crippen molar-refractivity contribution in [3.8, 4) is 0 Å². The number of nitrogens with two attached hydrogens (primary N) is 3. The minimum atomic E-state index is -4.48. The number of amides is 1. The molecule has 0 fully saturated rings. The lowest BCUT2D eigenvalue weighted by Gasteiger charge is -2.34. The molecule has 0 radical (unpaired) electrons. The molecule has 2 atom stereocenters. The molecular formula is C38H49F3N6O2+2. The second kappa shape index (κ2) is 17.0. The Morgan fingerprint density at radius 3 is 2.14 bits per heavy atom. The molecule has 3 aromatic carbocycles. The van der Waals surface area contributed by atoms with E-state index in [1.54, 1.807) is 0 Å². The number of benzene rings is 3. The van der Waals surface area contributed by atoms with Crippen molar-refractivity contribution in [2.45, 2.75) is 57.4 Å². The van der Waals surface area contributed by atoms with Gasteiger partial charge in [0.2, 0.25) is 11.4 Å². The number of hydrogen-bond acceptors (Lipinski definition) is 5. The summed E-state index contributed by atoms with van der Waals surface area (Å²) >= 11 is 0. The highest BCUT2D eigenvalue weighted by Gasteiger charge is 2.31. The van der Waals surface area contributed by atoms with Gasteiger partial charge in [-0.15, -0.1) is 0 Å². The maximum absolute atomic E-state index is 14.0. The van der Waals surface area contributed by atoms with Gasteiger partial charge in [0, 0.05) is 42.1 Å². The minimum absolute atomic E-state index is 0.00750. The fourth-order valence-corrected chi connectivity index (χ4v) is 6.19. The first-order valence-electron chi connectivity index (χ1n) is 16.8. The smallest absolute Gasteiger partial charge is 0.345 e. The summed E-state index contributed by atoms with van der Waals surface area (Å²) in [6, 6.07) is 20.9. The van der Waals surface area contributed by atoms with Crippen molar-refractivity contribution in [3.63, 3.8) is 0 Å². The molecule has 0 saturated heterocycles. The van der Waals surface area contributed by atoms with Crippen LogP contribution in [0.2, 0.25) is 0 Å². The Hall–Kier alpha value is -4.16. The van der Waals surface area contributed by atoms with Gasteiger partial charge in [-0.1, -0.05) is 54.1 Å². The van der Waals surface area contributed by atoms with Crippen molar-refractivity contribution in [2.75, 3.05) is 39.8 Å². The molecule has 49 heavy (non-hydrogen) atoms. The molecule has 0 aliphatic heterocycles. The van der Waals surface area contributed by atoms with E-state index in [9.17, 15) is 22.8 Å². The van der Waals surface area contributed by atoms with Crippen LogP contribution in [0.5, 0.6) is 0 Å². The second-order valence-electron chi connectivity index (χ2n) is 13.2.